The molecule has 0 aliphatic rings. The van der Waals surface area contributed by atoms with Crippen LogP contribution in [0.25, 0.3) is 0 Å². The zero-order valence-corrected chi connectivity index (χ0v) is 11.8. The lowest BCUT2D eigenvalue weighted by Crippen LogP contribution is -2.29. The van der Waals surface area contributed by atoms with E-state index in [1.807, 2.05) is 24.0 Å². The zero-order chi connectivity index (χ0) is 14.3. The van der Waals surface area contributed by atoms with Crippen molar-refractivity contribution in [2.75, 3.05) is 40.5 Å². The molecular formula is C14H23NO4. The Labute approximate surface area is 114 Å². The molecule has 0 saturated heterocycles. The Bertz CT molecular complexity index is 389. The number of rotatable bonds is 8. The van der Waals surface area contributed by atoms with Gasteiger partial charge in [-0.2, -0.15) is 0 Å². The van der Waals surface area contributed by atoms with Crippen molar-refractivity contribution in [3.63, 3.8) is 0 Å². The van der Waals surface area contributed by atoms with Crippen LogP contribution in [0.5, 0.6) is 11.5 Å². The molecule has 2 N–H and O–H groups in total. The minimum Gasteiger partial charge on any atom is -0.493 e. The predicted octanol–water partition coefficient (Wildman–Crippen LogP) is 0.799. The molecule has 0 atom stereocenters. The van der Waals surface area contributed by atoms with E-state index in [1.54, 1.807) is 14.2 Å². The third-order valence-electron chi connectivity index (χ3n) is 3.07. The van der Waals surface area contributed by atoms with Crippen molar-refractivity contribution in [2.24, 2.45) is 0 Å². The van der Waals surface area contributed by atoms with Gasteiger partial charge in [0.1, 0.15) is 0 Å². The molecule has 0 amide bonds. The highest BCUT2D eigenvalue weighted by Crippen LogP contribution is 2.30. The molecule has 108 valence electrons. The summed E-state index contributed by atoms with van der Waals surface area (Å²) >= 11 is 0. The van der Waals surface area contributed by atoms with E-state index in [1.165, 1.54) is 0 Å². The third-order valence-corrected chi connectivity index (χ3v) is 3.07. The number of hydrogen-bond acceptors (Lipinski definition) is 5. The molecule has 0 aliphatic heterocycles. The first-order valence-electron chi connectivity index (χ1n) is 6.31. The van der Waals surface area contributed by atoms with E-state index in [-0.39, 0.29) is 13.2 Å². The monoisotopic (exact) mass is 269 g/mol. The first kappa shape index (κ1) is 15.8. The summed E-state index contributed by atoms with van der Waals surface area (Å²) in [5, 5.41) is 18.1. The van der Waals surface area contributed by atoms with Gasteiger partial charge in [0, 0.05) is 19.6 Å². The minimum absolute atomic E-state index is 0.0757. The lowest BCUT2D eigenvalue weighted by Gasteiger charge is -2.22. The zero-order valence-electron chi connectivity index (χ0n) is 11.8. The van der Waals surface area contributed by atoms with Gasteiger partial charge in [0.05, 0.1) is 27.4 Å². The molecular weight excluding hydrogens is 246 g/mol. The Balaban J connectivity index is 2.92. The summed E-state index contributed by atoms with van der Waals surface area (Å²) in [6.07, 6.45) is 0. The summed E-state index contributed by atoms with van der Waals surface area (Å²) < 4.78 is 10.5. The largest absolute Gasteiger partial charge is 0.493 e. The average molecular weight is 269 g/mol. The van der Waals surface area contributed by atoms with E-state index in [0.717, 1.165) is 11.1 Å². The number of aliphatic hydroxyl groups is 2. The Hall–Kier alpha value is -1.30. The molecule has 0 heterocycles. The van der Waals surface area contributed by atoms with Crippen LogP contribution < -0.4 is 9.47 Å². The van der Waals surface area contributed by atoms with Crippen molar-refractivity contribution >= 4 is 0 Å². The van der Waals surface area contributed by atoms with E-state index < -0.39 is 0 Å². The molecule has 0 aliphatic carbocycles. The van der Waals surface area contributed by atoms with Crippen molar-refractivity contribution in [2.45, 2.75) is 13.5 Å². The highest BCUT2D eigenvalue weighted by molar-refractivity contribution is 5.47. The molecule has 0 aromatic heterocycles. The molecule has 5 nitrogen and oxygen atoms in total. The number of benzene rings is 1. The van der Waals surface area contributed by atoms with Crippen molar-refractivity contribution in [1.82, 2.24) is 4.90 Å². The fraction of sp³-hybridized carbons (Fsp3) is 0.571. The standard InChI is InChI=1S/C14H23NO4/c1-11-8-13(18-2)14(19-3)9-12(11)10-15(4-6-16)5-7-17/h8-9,16-17H,4-7,10H2,1-3H3. The van der Waals surface area contributed by atoms with Crippen molar-refractivity contribution in [1.29, 1.82) is 0 Å². The molecule has 0 bridgehead atoms. The van der Waals surface area contributed by atoms with Gasteiger partial charge in [-0.3, -0.25) is 4.90 Å². The molecule has 0 unspecified atom stereocenters. The maximum absolute atomic E-state index is 9.03. The second-order valence-electron chi connectivity index (χ2n) is 4.36. The number of nitrogens with zero attached hydrogens (tertiary/aromatic N) is 1. The van der Waals surface area contributed by atoms with Crippen LogP contribution in [-0.2, 0) is 6.54 Å². The molecule has 0 fully saturated rings. The van der Waals surface area contributed by atoms with E-state index in [9.17, 15) is 0 Å². The van der Waals surface area contributed by atoms with E-state index >= 15 is 0 Å². The SMILES string of the molecule is COc1cc(C)c(CN(CCO)CCO)cc1OC. The summed E-state index contributed by atoms with van der Waals surface area (Å²) in [6.45, 7) is 3.89. The number of methoxy groups -OCH3 is 2. The van der Waals surface area contributed by atoms with Gasteiger partial charge in [-0.05, 0) is 30.2 Å². The Kier molecular flexibility index (Phi) is 6.62. The van der Waals surface area contributed by atoms with Crippen LogP contribution in [-0.4, -0.2) is 55.6 Å². The molecule has 1 aromatic carbocycles. The van der Waals surface area contributed by atoms with Gasteiger partial charge in [-0.15, -0.1) is 0 Å². The van der Waals surface area contributed by atoms with Crippen molar-refractivity contribution in [3.05, 3.63) is 23.3 Å². The van der Waals surface area contributed by atoms with Crippen molar-refractivity contribution in [3.8, 4) is 11.5 Å². The maximum Gasteiger partial charge on any atom is 0.161 e. The van der Waals surface area contributed by atoms with Crippen LogP contribution in [0.1, 0.15) is 11.1 Å². The quantitative estimate of drug-likeness (QED) is 0.731. The number of ether oxygens (including phenoxy) is 2. The molecule has 19 heavy (non-hydrogen) atoms. The molecule has 0 saturated carbocycles. The van der Waals surface area contributed by atoms with Gasteiger partial charge in [-0.1, -0.05) is 0 Å². The Morgan fingerprint density at radius 2 is 1.53 bits per heavy atom. The molecule has 5 heteroatoms. The van der Waals surface area contributed by atoms with Crippen LogP contribution in [0.15, 0.2) is 12.1 Å². The summed E-state index contributed by atoms with van der Waals surface area (Å²) in [5.74, 6) is 1.40. The van der Waals surface area contributed by atoms with Gasteiger partial charge in [0.15, 0.2) is 11.5 Å². The van der Waals surface area contributed by atoms with Gasteiger partial charge >= 0.3 is 0 Å². The summed E-state index contributed by atoms with van der Waals surface area (Å²) in [5.41, 5.74) is 2.19. The van der Waals surface area contributed by atoms with E-state index in [2.05, 4.69) is 0 Å². The van der Waals surface area contributed by atoms with E-state index in [4.69, 9.17) is 19.7 Å². The summed E-state index contributed by atoms with van der Waals surface area (Å²) in [4.78, 5) is 1.99. The molecule has 0 spiro atoms. The Morgan fingerprint density at radius 1 is 1.00 bits per heavy atom. The molecule has 1 rings (SSSR count). The molecule has 0 radical (unpaired) electrons. The first-order valence-corrected chi connectivity index (χ1v) is 6.31. The smallest absolute Gasteiger partial charge is 0.161 e. The van der Waals surface area contributed by atoms with E-state index in [0.29, 0.717) is 31.1 Å². The lowest BCUT2D eigenvalue weighted by molar-refractivity contribution is 0.155. The van der Waals surface area contributed by atoms with Crippen LogP contribution >= 0.6 is 0 Å². The lowest BCUT2D eigenvalue weighted by atomic mass is 10.1. The third kappa shape index (κ3) is 4.38. The summed E-state index contributed by atoms with van der Waals surface area (Å²) in [7, 11) is 3.22. The van der Waals surface area contributed by atoms with Crippen LogP contribution in [0.3, 0.4) is 0 Å². The van der Waals surface area contributed by atoms with Gasteiger partial charge in [-0.25, -0.2) is 0 Å². The topological polar surface area (TPSA) is 62.2 Å². The van der Waals surface area contributed by atoms with Crippen LogP contribution in [0, 0.1) is 6.92 Å². The van der Waals surface area contributed by atoms with Crippen LogP contribution in [0.2, 0.25) is 0 Å². The molecule has 1 aromatic rings. The summed E-state index contributed by atoms with van der Waals surface area (Å²) in [6, 6.07) is 3.88. The van der Waals surface area contributed by atoms with Crippen molar-refractivity contribution < 1.29 is 19.7 Å². The van der Waals surface area contributed by atoms with Crippen LogP contribution in [0.4, 0.5) is 0 Å². The second kappa shape index (κ2) is 7.99. The average Bonchev–Trinajstić information content (AvgIpc) is 2.41. The van der Waals surface area contributed by atoms with Gasteiger partial charge < -0.3 is 19.7 Å². The fourth-order valence-electron chi connectivity index (χ4n) is 1.99. The highest BCUT2D eigenvalue weighted by atomic mass is 16.5. The fourth-order valence-corrected chi connectivity index (χ4v) is 1.99. The number of aryl methyl sites for hydroxylation is 1. The Morgan fingerprint density at radius 3 is 2.00 bits per heavy atom. The highest BCUT2D eigenvalue weighted by Gasteiger charge is 2.11. The minimum atomic E-state index is 0.0757. The number of aliphatic hydroxyl groups excluding tert-OH is 2. The predicted molar refractivity (Wildman–Crippen MR) is 73.7 cm³/mol. The van der Waals surface area contributed by atoms with Gasteiger partial charge in [0.25, 0.3) is 0 Å². The maximum atomic E-state index is 9.03. The van der Waals surface area contributed by atoms with Gasteiger partial charge in [0.2, 0.25) is 0 Å². The second-order valence-corrected chi connectivity index (χ2v) is 4.36. The number of hydrogen-bond donors (Lipinski definition) is 2. The normalized spacial score (nSPS) is 10.8. The first-order chi connectivity index (χ1) is 9.15.